The van der Waals surface area contributed by atoms with E-state index in [0.29, 0.717) is 41.4 Å². The Balaban J connectivity index is 1.49. The Morgan fingerprint density at radius 2 is 2.03 bits per heavy atom. The normalized spacial score (nSPS) is 16.2. The van der Waals surface area contributed by atoms with Gasteiger partial charge in [-0.3, -0.25) is 0 Å². The molecule has 0 radical (unpaired) electrons. The van der Waals surface area contributed by atoms with E-state index in [0.717, 1.165) is 25.0 Å². The van der Waals surface area contributed by atoms with Gasteiger partial charge in [0, 0.05) is 18.5 Å². The van der Waals surface area contributed by atoms with Gasteiger partial charge in [-0.25, -0.2) is 18.7 Å². The monoisotopic (exact) mass is 415 g/mol. The Labute approximate surface area is 173 Å². The average Bonchev–Trinajstić information content (AvgIpc) is 3.29. The van der Waals surface area contributed by atoms with Crippen molar-refractivity contribution in [3.8, 4) is 11.5 Å². The maximum atomic E-state index is 13.2. The minimum atomic E-state index is -2.74. The number of methoxy groups -OCH3 is 1. The first kappa shape index (κ1) is 20.3. The van der Waals surface area contributed by atoms with Gasteiger partial charge in [-0.1, -0.05) is 18.2 Å². The van der Waals surface area contributed by atoms with Crippen LogP contribution in [0.2, 0.25) is 0 Å². The zero-order valence-corrected chi connectivity index (χ0v) is 16.6. The summed E-state index contributed by atoms with van der Waals surface area (Å²) in [6, 6.07) is 12.7. The first-order valence-electron chi connectivity index (χ1n) is 9.84. The van der Waals surface area contributed by atoms with E-state index in [2.05, 4.69) is 15.3 Å². The van der Waals surface area contributed by atoms with Crippen LogP contribution in [0.15, 0.2) is 42.5 Å². The van der Waals surface area contributed by atoms with Gasteiger partial charge in [0.1, 0.15) is 12.4 Å². The van der Waals surface area contributed by atoms with E-state index in [1.54, 1.807) is 25.3 Å². The summed E-state index contributed by atoms with van der Waals surface area (Å²) >= 11 is 0. The van der Waals surface area contributed by atoms with Crippen molar-refractivity contribution in [2.24, 2.45) is 0 Å². The van der Waals surface area contributed by atoms with Crippen LogP contribution in [0.5, 0.6) is 11.5 Å². The minimum Gasteiger partial charge on any atom is -0.493 e. The molecule has 1 aliphatic rings. The lowest BCUT2D eigenvalue weighted by molar-refractivity contribution is 0.0669. The molecule has 1 fully saturated rings. The molecule has 2 heterocycles. The lowest BCUT2D eigenvalue weighted by atomic mass is 10.2. The largest absolute Gasteiger partial charge is 0.493 e. The van der Waals surface area contributed by atoms with Gasteiger partial charge in [-0.05, 0) is 42.7 Å². The number of nitrogens with one attached hydrogen (secondary N) is 1. The summed E-state index contributed by atoms with van der Waals surface area (Å²) in [5, 5.41) is 3.83. The van der Waals surface area contributed by atoms with Crippen LogP contribution in [0.3, 0.4) is 0 Å². The molecule has 1 N–H and O–H groups in total. The number of anilines is 1. The Morgan fingerprint density at radius 1 is 1.17 bits per heavy atom. The van der Waals surface area contributed by atoms with Crippen molar-refractivity contribution >= 4 is 16.7 Å². The number of nitrogens with zero attached hydrogens (tertiary/aromatic N) is 2. The molecule has 0 bridgehead atoms. The summed E-state index contributed by atoms with van der Waals surface area (Å²) in [4.78, 5) is 7.94. The molecule has 6 nitrogen and oxygen atoms in total. The molecule has 1 saturated heterocycles. The molecule has 1 atom stereocenters. The van der Waals surface area contributed by atoms with E-state index < -0.39 is 12.2 Å². The van der Waals surface area contributed by atoms with Crippen LogP contribution < -0.4 is 14.8 Å². The fourth-order valence-electron chi connectivity index (χ4n) is 3.41. The molecule has 0 aliphatic carbocycles. The lowest BCUT2D eigenvalue weighted by Crippen LogP contribution is -2.16. The molecule has 30 heavy (non-hydrogen) atoms. The quantitative estimate of drug-likeness (QED) is 0.573. The Kier molecular flexibility index (Phi) is 6.23. The van der Waals surface area contributed by atoms with Gasteiger partial charge in [0.2, 0.25) is 0 Å². The van der Waals surface area contributed by atoms with E-state index >= 15 is 0 Å². The molecular formula is C22H23F2N3O3. The lowest BCUT2D eigenvalue weighted by Gasteiger charge is -2.15. The third kappa shape index (κ3) is 4.59. The minimum absolute atomic E-state index is 0.117. The molecule has 3 aromatic rings. The Hall–Kier alpha value is -3.00. The SMILES string of the molecule is COc1cc(CNc2nc(C(F)F)nc3ccccc23)ccc1OCC1CCCO1. The maximum absolute atomic E-state index is 13.2. The highest BCUT2D eigenvalue weighted by Crippen LogP contribution is 2.30. The standard InChI is InChI=1S/C22H23F2N3O3/c1-28-19-11-14(8-9-18(19)30-13-15-5-4-10-29-15)12-25-21-16-6-2-3-7-17(16)26-22(27-21)20(23)24/h2-3,6-9,11,15,20H,4-5,10,12-13H2,1H3,(H,25,26,27). The molecule has 0 amide bonds. The smallest absolute Gasteiger partial charge is 0.297 e. The molecule has 0 spiro atoms. The molecule has 2 aromatic carbocycles. The molecule has 1 aromatic heterocycles. The molecule has 0 saturated carbocycles. The predicted molar refractivity (Wildman–Crippen MR) is 109 cm³/mol. The third-order valence-corrected chi connectivity index (χ3v) is 4.95. The van der Waals surface area contributed by atoms with Crippen molar-refractivity contribution in [3.05, 3.63) is 53.9 Å². The van der Waals surface area contributed by atoms with E-state index in [9.17, 15) is 8.78 Å². The fourth-order valence-corrected chi connectivity index (χ4v) is 3.41. The van der Waals surface area contributed by atoms with Gasteiger partial charge in [0.05, 0.1) is 18.7 Å². The van der Waals surface area contributed by atoms with Crippen LogP contribution in [0.25, 0.3) is 10.9 Å². The maximum Gasteiger partial charge on any atom is 0.297 e. The van der Waals surface area contributed by atoms with Gasteiger partial charge in [0.15, 0.2) is 17.3 Å². The summed E-state index contributed by atoms with van der Waals surface area (Å²) in [6.45, 7) is 1.64. The number of alkyl halides is 2. The molecule has 8 heteroatoms. The average molecular weight is 415 g/mol. The third-order valence-electron chi connectivity index (χ3n) is 4.95. The van der Waals surface area contributed by atoms with E-state index in [4.69, 9.17) is 14.2 Å². The number of fused-ring (bicyclic) bond motifs is 1. The van der Waals surface area contributed by atoms with Gasteiger partial charge in [-0.15, -0.1) is 0 Å². The van der Waals surface area contributed by atoms with Gasteiger partial charge >= 0.3 is 0 Å². The van der Waals surface area contributed by atoms with Gasteiger partial charge < -0.3 is 19.5 Å². The van der Waals surface area contributed by atoms with Crippen molar-refractivity contribution in [1.82, 2.24) is 9.97 Å². The first-order chi connectivity index (χ1) is 14.6. The first-order valence-corrected chi connectivity index (χ1v) is 9.84. The number of hydrogen-bond acceptors (Lipinski definition) is 6. The zero-order chi connectivity index (χ0) is 20.9. The zero-order valence-electron chi connectivity index (χ0n) is 16.6. The van der Waals surface area contributed by atoms with Gasteiger partial charge in [-0.2, -0.15) is 0 Å². The number of ether oxygens (including phenoxy) is 3. The second kappa shape index (κ2) is 9.21. The highest BCUT2D eigenvalue weighted by atomic mass is 19.3. The van der Waals surface area contributed by atoms with Crippen molar-refractivity contribution in [2.45, 2.75) is 31.9 Å². The van der Waals surface area contributed by atoms with Crippen molar-refractivity contribution in [2.75, 3.05) is 25.6 Å². The van der Waals surface area contributed by atoms with Crippen LogP contribution in [-0.2, 0) is 11.3 Å². The van der Waals surface area contributed by atoms with E-state index in [1.807, 2.05) is 24.3 Å². The summed E-state index contributed by atoms with van der Waals surface area (Å²) in [5.74, 6) is 1.12. The number of aromatic nitrogens is 2. The second-order valence-corrected chi connectivity index (χ2v) is 7.03. The van der Waals surface area contributed by atoms with Crippen LogP contribution in [0.1, 0.15) is 30.7 Å². The fraction of sp³-hybridized carbons (Fsp3) is 0.364. The van der Waals surface area contributed by atoms with Crippen LogP contribution in [-0.4, -0.2) is 36.4 Å². The second-order valence-electron chi connectivity index (χ2n) is 7.03. The van der Waals surface area contributed by atoms with Crippen molar-refractivity contribution in [1.29, 1.82) is 0 Å². The van der Waals surface area contributed by atoms with Gasteiger partial charge in [0.25, 0.3) is 6.43 Å². The molecular weight excluding hydrogens is 392 g/mol. The van der Waals surface area contributed by atoms with E-state index in [-0.39, 0.29) is 6.10 Å². The molecule has 1 aliphatic heterocycles. The highest BCUT2D eigenvalue weighted by Gasteiger charge is 2.18. The molecule has 4 rings (SSSR count). The van der Waals surface area contributed by atoms with Crippen molar-refractivity contribution < 1.29 is 23.0 Å². The molecule has 158 valence electrons. The Morgan fingerprint density at radius 3 is 2.80 bits per heavy atom. The number of para-hydroxylation sites is 1. The predicted octanol–water partition coefficient (Wildman–Crippen LogP) is 4.75. The van der Waals surface area contributed by atoms with E-state index in [1.165, 1.54) is 0 Å². The Bertz CT molecular complexity index is 1010. The summed E-state index contributed by atoms with van der Waals surface area (Å²) in [6.07, 6.45) is -0.569. The molecule has 1 unspecified atom stereocenters. The summed E-state index contributed by atoms with van der Waals surface area (Å²) in [7, 11) is 1.58. The number of halogens is 2. The summed E-state index contributed by atoms with van der Waals surface area (Å²) < 4.78 is 43.2. The van der Waals surface area contributed by atoms with Crippen LogP contribution in [0.4, 0.5) is 14.6 Å². The number of benzene rings is 2. The summed E-state index contributed by atoms with van der Waals surface area (Å²) in [5.41, 5.74) is 1.37. The number of rotatable bonds is 8. The topological polar surface area (TPSA) is 65.5 Å². The van der Waals surface area contributed by atoms with Crippen LogP contribution >= 0.6 is 0 Å². The van der Waals surface area contributed by atoms with Crippen molar-refractivity contribution in [3.63, 3.8) is 0 Å². The van der Waals surface area contributed by atoms with Crippen LogP contribution in [0, 0.1) is 0 Å². The number of hydrogen-bond donors (Lipinski definition) is 1. The highest BCUT2D eigenvalue weighted by molar-refractivity contribution is 5.89.